The number of rotatable bonds is 11. The van der Waals surface area contributed by atoms with Gasteiger partial charge in [-0.15, -0.1) is 0 Å². The number of halogens is 1. The van der Waals surface area contributed by atoms with Gasteiger partial charge in [-0.2, -0.15) is 4.98 Å². The lowest BCUT2D eigenvalue weighted by Gasteiger charge is -2.23. The fraction of sp³-hybridized carbons (Fsp3) is 0.448. The second kappa shape index (κ2) is 12.8. The normalized spacial score (nSPS) is 17.8. The van der Waals surface area contributed by atoms with Gasteiger partial charge in [-0.05, 0) is 64.5 Å². The van der Waals surface area contributed by atoms with Crippen LogP contribution in [-0.2, 0) is 10.0 Å². The summed E-state index contributed by atoms with van der Waals surface area (Å²) < 4.78 is 35.2. The molecule has 10 nitrogen and oxygen atoms in total. The molecule has 220 valence electrons. The number of hydrogen-bond acceptors (Lipinski definition) is 9. The number of sulfonamides is 1. The minimum absolute atomic E-state index is 0.0442. The lowest BCUT2D eigenvalue weighted by atomic mass is 10.2. The fourth-order valence-electron chi connectivity index (χ4n) is 5.38. The molecule has 1 atom stereocenters. The molecule has 0 amide bonds. The number of benzene rings is 2. The van der Waals surface area contributed by atoms with E-state index in [0.29, 0.717) is 30.0 Å². The average Bonchev–Trinajstić information content (AvgIpc) is 3.64. The molecule has 2 heterocycles. The average molecular weight is 600 g/mol. The van der Waals surface area contributed by atoms with Crippen molar-refractivity contribution in [2.75, 3.05) is 49.3 Å². The second-order valence-corrected chi connectivity index (χ2v) is 12.8. The molecule has 0 spiro atoms. The number of hydrogen-bond donors (Lipinski definition) is 3. The summed E-state index contributed by atoms with van der Waals surface area (Å²) in [5, 5.41) is 6.62. The van der Waals surface area contributed by atoms with Crippen LogP contribution in [0.25, 0.3) is 0 Å². The van der Waals surface area contributed by atoms with Crippen molar-refractivity contribution in [3.63, 3.8) is 0 Å². The molecule has 0 unspecified atom stereocenters. The van der Waals surface area contributed by atoms with Crippen molar-refractivity contribution < 1.29 is 13.2 Å². The summed E-state index contributed by atoms with van der Waals surface area (Å²) in [5.41, 5.74) is 2.20. The highest BCUT2D eigenvalue weighted by molar-refractivity contribution is 7.89. The summed E-state index contributed by atoms with van der Waals surface area (Å²) in [6.07, 6.45) is 6.35. The summed E-state index contributed by atoms with van der Waals surface area (Å²) in [4.78, 5) is 13.7. The molecule has 3 N–H and O–H groups in total. The third kappa shape index (κ3) is 7.03. The number of aromatic nitrogens is 2. The Balaban J connectivity index is 1.36. The van der Waals surface area contributed by atoms with E-state index in [2.05, 4.69) is 55.3 Å². The van der Waals surface area contributed by atoms with E-state index < -0.39 is 10.0 Å². The van der Waals surface area contributed by atoms with E-state index >= 15 is 0 Å². The van der Waals surface area contributed by atoms with E-state index in [1.165, 1.54) is 6.20 Å². The summed E-state index contributed by atoms with van der Waals surface area (Å²) >= 11 is 6.45. The Hall–Kier alpha value is -3.12. The second-order valence-electron chi connectivity index (χ2n) is 10.7. The van der Waals surface area contributed by atoms with E-state index in [-0.39, 0.29) is 21.8 Å². The Morgan fingerprint density at radius 2 is 1.85 bits per heavy atom. The van der Waals surface area contributed by atoms with Gasteiger partial charge in [0.15, 0.2) is 5.82 Å². The summed E-state index contributed by atoms with van der Waals surface area (Å²) in [5.74, 6) is 1.28. The molecule has 2 aliphatic rings. The first-order valence-corrected chi connectivity index (χ1v) is 16.0. The molecule has 5 rings (SSSR count). The van der Waals surface area contributed by atoms with E-state index in [9.17, 15) is 8.42 Å². The Labute approximate surface area is 247 Å². The number of anilines is 5. The number of para-hydroxylation sites is 1. The Morgan fingerprint density at radius 3 is 2.59 bits per heavy atom. The molecule has 0 bridgehead atoms. The van der Waals surface area contributed by atoms with E-state index in [4.69, 9.17) is 16.3 Å². The van der Waals surface area contributed by atoms with Crippen molar-refractivity contribution in [2.24, 2.45) is 0 Å². The van der Waals surface area contributed by atoms with Gasteiger partial charge in [-0.3, -0.25) is 0 Å². The van der Waals surface area contributed by atoms with Crippen molar-refractivity contribution in [1.29, 1.82) is 0 Å². The Bertz CT molecular complexity index is 1460. The van der Waals surface area contributed by atoms with Crippen LogP contribution in [0.3, 0.4) is 0 Å². The molecule has 2 aromatic carbocycles. The van der Waals surface area contributed by atoms with Crippen LogP contribution in [0.5, 0.6) is 5.75 Å². The van der Waals surface area contributed by atoms with Crippen LogP contribution in [0.2, 0.25) is 5.02 Å². The smallest absolute Gasteiger partial charge is 0.242 e. The van der Waals surface area contributed by atoms with E-state index in [1.54, 1.807) is 24.3 Å². The molecule has 1 aromatic heterocycles. The summed E-state index contributed by atoms with van der Waals surface area (Å²) in [6.45, 7) is 4.41. The van der Waals surface area contributed by atoms with Gasteiger partial charge < -0.3 is 25.2 Å². The molecule has 12 heteroatoms. The van der Waals surface area contributed by atoms with Crippen LogP contribution in [0.4, 0.5) is 28.8 Å². The number of likely N-dealkylation sites (N-methyl/N-ethyl adjacent to an activating group) is 1. The fourth-order valence-corrected chi connectivity index (χ4v) is 6.98. The van der Waals surface area contributed by atoms with Gasteiger partial charge >= 0.3 is 0 Å². The quantitative estimate of drug-likeness (QED) is 0.267. The standard InChI is InChI=1S/C29H38ClN7O3S/c1-4-40-26-17-21(37-16-15-22(19-37)36(2)3)13-14-24(26)33-29-31-18-23(30)28(34-29)32-25-11-7-8-12-27(25)41(38,39)35-20-9-5-6-10-20/h7-8,11-14,17-18,20,22,35H,4-6,9-10,15-16,19H2,1-3H3,(H2,31,32,33,34)/t22-/m0/s1. The van der Waals surface area contributed by atoms with Crippen molar-refractivity contribution in [2.45, 2.75) is 56.0 Å². The minimum atomic E-state index is -3.74. The van der Waals surface area contributed by atoms with Gasteiger partial charge in [0.05, 0.1) is 24.2 Å². The molecule has 1 saturated carbocycles. The number of ether oxygens (including phenoxy) is 1. The van der Waals surface area contributed by atoms with Crippen LogP contribution in [0.15, 0.2) is 53.6 Å². The van der Waals surface area contributed by atoms with Gasteiger partial charge in [0.25, 0.3) is 0 Å². The highest BCUT2D eigenvalue weighted by Gasteiger charge is 2.26. The zero-order chi connectivity index (χ0) is 29.0. The maximum absolute atomic E-state index is 13.2. The van der Waals surface area contributed by atoms with Crippen LogP contribution in [0, 0.1) is 0 Å². The van der Waals surface area contributed by atoms with Gasteiger partial charge in [-0.25, -0.2) is 18.1 Å². The third-order valence-corrected chi connectivity index (χ3v) is 9.48. The van der Waals surface area contributed by atoms with Gasteiger partial charge in [0.2, 0.25) is 16.0 Å². The first kappa shape index (κ1) is 29.4. The zero-order valence-electron chi connectivity index (χ0n) is 23.7. The first-order valence-electron chi connectivity index (χ1n) is 14.1. The maximum atomic E-state index is 13.2. The van der Waals surface area contributed by atoms with Crippen molar-refractivity contribution in [1.82, 2.24) is 19.6 Å². The van der Waals surface area contributed by atoms with Gasteiger partial charge in [0.1, 0.15) is 15.7 Å². The first-order chi connectivity index (χ1) is 19.7. The lowest BCUT2D eigenvalue weighted by molar-refractivity contribution is 0.315. The highest BCUT2D eigenvalue weighted by Crippen LogP contribution is 2.35. The molecule has 3 aromatic rings. The van der Waals surface area contributed by atoms with Crippen LogP contribution in [-0.4, -0.2) is 69.2 Å². The molecule has 41 heavy (non-hydrogen) atoms. The molecular formula is C29H38ClN7O3S. The van der Waals surface area contributed by atoms with Crippen LogP contribution < -0.4 is 25.0 Å². The van der Waals surface area contributed by atoms with E-state index in [1.807, 2.05) is 19.1 Å². The predicted molar refractivity (Wildman–Crippen MR) is 165 cm³/mol. The van der Waals surface area contributed by atoms with Gasteiger partial charge in [-0.1, -0.05) is 36.6 Å². The molecular weight excluding hydrogens is 562 g/mol. The van der Waals surface area contributed by atoms with Crippen molar-refractivity contribution >= 4 is 50.5 Å². The summed E-state index contributed by atoms with van der Waals surface area (Å²) in [6, 6.07) is 13.3. The van der Waals surface area contributed by atoms with E-state index in [0.717, 1.165) is 56.6 Å². The Morgan fingerprint density at radius 1 is 1.07 bits per heavy atom. The largest absolute Gasteiger partial charge is 0.492 e. The topological polar surface area (TPSA) is 112 Å². The van der Waals surface area contributed by atoms with Crippen LogP contribution >= 0.6 is 11.6 Å². The SMILES string of the molecule is CCOc1cc(N2CC[C@H](N(C)C)C2)ccc1Nc1ncc(Cl)c(Nc2ccccc2S(=O)(=O)NC2CCCC2)n1. The monoisotopic (exact) mass is 599 g/mol. The third-order valence-electron chi connectivity index (χ3n) is 7.62. The number of nitrogens with one attached hydrogen (secondary N) is 3. The molecule has 0 radical (unpaired) electrons. The number of nitrogens with zero attached hydrogens (tertiary/aromatic N) is 4. The van der Waals surface area contributed by atoms with Crippen molar-refractivity contribution in [3.8, 4) is 5.75 Å². The maximum Gasteiger partial charge on any atom is 0.242 e. The lowest BCUT2D eigenvalue weighted by Crippen LogP contribution is -2.33. The van der Waals surface area contributed by atoms with Crippen LogP contribution in [0.1, 0.15) is 39.0 Å². The predicted octanol–water partition coefficient (Wildman–Crippen LogP) is 5.38. The van der Waals surface area contributed by atoms with Crippen molar-refractivity contribution in [3.05, 3.63) is 53.7 Å². The Kier molecular flexibility index (Phi) is 9.18. The van der Waals surface area contributed by atoms with Gasteiger partial charge in [0, 0.05) is 36.9 Å². The zero-order valence-corrected chi connectivity index (χ0v) is 25.3. The molecule has 1 saturated heterocycles. The minimum Gasteiger partial charge on any atom is -0.492 e. The molecule has 1 aliphatic heterocycles. The highest BCUT2D eigenvalue weighted by atomic mass is 35.5. The molecule has 1 aliphatic carbocycles. The summed E-state index contributed by atoms with van der Waals surface area (Å²) in [7, 11) is 0.501. The molecule has 2 fully saturated rings.